The Bertz CT molecular complexity index is 1220. The van der Waals surface area contributed by atoms with Crippen LogP contribution in [0.4, 0.5) is 0 Å². The molecule has 1 aromatic carbocycles. The minimum Gasteiger partial charge on any atom is -0.379 e. The summed E-state index contributed by atoms with van der Waals surface area (Å²) < 4.78 is 7.47. The SMILES string of the molecule is Cc1cc(-n2ncc3cc(CC(=O)N[C@H]4COC[C@@H]4c4ccccc4)ncc32)ccn1. The molecule has 0 spiro atoms. The average Bonchev–Trinajstić information content (AvgIpc) is 3.41. The number of amides is 1. The van der Waals surface area contributed by atoms with Gasteiger partial charge < -0.3 is 10.1 Å². The predicted molar refractivity (Wildman–Crippen MR) is 117 cm³/mol. The fraction of sp³-hybridized carbons (Fsp3) is 0.250. The number of benzene rings is 1. The summed E-state index contributed by atoms with van der Waals surface area (Å²) in [7, 11) is 0. The zero-order valence-corrected chi connectivity index (χ0v) is 17.2. The van der Waals surface area contributed by atoms with E-state index >= 15 is 0 Å². The highest BCUT2D eigenvalue weighted by Gasteiger charge is 2.30. The van der Waals surface area contributed by atoms with E-state index in [1.165, 1.54) is 5.56 Å². The summed E-state index contributed by atoms with van der Waals surface area (Å²) in [6.07, 6.45) is 5.55. The molecule has 1 fully saturated rings. The third-order valence-corrected chi connectivity index (χ3v) is 5.63. The van der Waals surface area contributed by atoms with Gasteiger partial charge in [-0.1, -0.05) is 30.3 Å². The van der Waals surface area contributed by atoms with Crippen molar-refractivity contribution in [3.8, 4) is 5.69 Å². The van der Waals surface area contributed by atoms with Crippen LogP contribution in [0.25, 0.3) is 16.6 Å². The normalized spacial score (nSPS) is 18.4. The van der Waals surface area contributed by atoms with E-state index in [-0.39, 0.29) is 24.3 Å². The predicted octanol–water partition coefficient (Wildman–Crippen LogP) is 2.97. The summed E-state index contributed by atoms with van der Waals surface area (Å²) in [6, 6.07) is 16.0. The van der Waals surface area contributed by atoms with E-state index in [1.54, 1.807) is 18.6 Å². The number of pyridine rings is 2. The van der Waals surface area contributed by atoms with Crippen molar-refractivity contribution in [3.05, 3.63) is 84.1 Å². The van der Waals surface area contributed by atoms with Gasteiger partial charge in [-0.3, -0.25) is 14.8 Å². The Labute approximate surface area is 180 Å². The number of carbonyl (C=O) groups is 1. The minimum atomic E-state index is -0.0552. The molecule has 2 atom stereocenters. The maximum atomic E-state index is 12.7. The van der Waals surface area contributed by atoms with Gasteiger partial charge in [-0.15, -0.1) is 0 Å². The van der Waals surface area contributed by atoms with E-state index in [2.05, 4.69) is 32.5 Å². The summed E-state index contributed by atoms with van der Waals surface area (Å²) in [6.45, 7) is 3.09. The fourth-order valence-corrected chi connectivity index (χ4v) is 4.08. The van der Waals surface area contributed by atoms with E-state index in [0.29, 0.717) is 18.9 Å². The van der Waals surface area contributed by atoms with Gasteiger partial charge in [-0.2, -0.15) is 5.10 Å². The molecule has 5 rings (SSSR count). The van der Waals surface area contributed by atoms with Gasteiger partial charge in [-0.05, 0) is 30.7 Å². The first kappa shape index (κ1) is 19.4. The second-order valence-corrected chi connectivity index (χ2v) is 7.85. The van der Waals surface area contributed by atoms with E-state index in [4.69, 9.17) is 4.74 Å². The number of rotatable bonds is 5. The van der Waals surface area contributed by atoms with Gasteiger partial charge >= 0.3 is 0 Å². The second kappa shape index (κ2) is 8.28. The number of ether oxygens (including phenoxy) is 1. The molecule has 1 saturated heterocycles. The Morgan fingerprint density at radius 2 is 2.00 bits per heavy atom. The van der Waals surface area contributed by atoms with Crippen LogP contribution in [0.3, 0.4) is 0 Å². The van der Waals surface area contributed by atoms with Crippen LogP contribution in [0.1, 0.15) is 22.9 Å². The Hall–Kier alpha value is -3.58. The van der Waals surface area contributed by atoms with Gasteiger partial charge in [0.25, 0.3) is 0 Å². The van der Waals surface area contributed by atoms with Crippen LogP contribution in [0, 0.1) is 6.92 Å². The lowest BCUT2D eigenvalue weighted by atomic mass is 9.94. The van der Waals surface area contributed by atoms with Crippen molar-refractivity contribution in [1.29, 1.82) is 0 Å². The first-order valence-electron chi connectivity index (χ1n) is 10.3. The van der Waals surface area contributed by atoms with Crippen LogP contribution in [0.5, 0.6) is 0 Å². The first-order valence-corrected chi connectivity index (χ1v) is 10.3. The quantitative estimate of drug-likeness (QED) is 0.544. The van der Waals surface area contributed by atoms with Gasteiger partial charge in [0.15, 0.2) is 0 Å². The number of carbonyl (C=O) groups excluding carboxylic acids is 1. The molecule has 7 nitrogen and oxygen atoms in total. The second-order valence-electron chi connectivity index (χ2n) is 7.85. The molecule has 0 bridgehead atoms. The minimum absolute atomic E-state index is 0.0312. The largest absolute Gasteiger partial charge is 0.379 e. The Balaban J connectivity index is 1.30. The summed E-state index contributed by atoms with van der Waals surface area (Å²) in [5, 5.41) is 8.56. The molecular formula is C24H23N5O2. The summed E-state index contributed by atoms with van der Waals surface area (Å²) in [5.41, 5.74) is 4.65. The monoisotopic (exact) mass is 413 g/mol. The zero-order chi connectivity index (χ0) is 21.2. The van der Waals surface area contributed by atoms with Crippen molar-refractivity contribution < 1.29 is 9.53 Å². The van der Waals surface area contributed by atoms with Gasteiger partial charge in [0.1, 0.15) is 0 Å². The van der Waals surface area contributed by atoms with Crippen molar-refractivity contribution in [2.24, 2.45) is 0 Å². The van der Waals surface area contributed by atoms with E-state index < -0.39 is 0 Å². The smallest absolute Gasteiger partial charge is 0.226 e. The number of aryl methyl sites for hydroxylation is 1. The molecule has 31 heavy (non-hydrogen) atoms. The van der Waals surface area contributed by atoms with Crippen molar-refractivity contribution in [1.82, 2.24) is 25.1 Å². The molecule has 7 heteroatoms. The number of fused-ring (bicyclic) bond motifs is 1. The Morgan fingerprint density at radius 1 is 1.13 bits per heavy atom. The highest BCUT2D eigenvalue weighted by atomic mass is 16.5. The molecular weight excluding hydrogens is 390 g/mol. The number of aromatic nitrogens is 4. The van der Waals surface area contributed by atoms with Crippen LogP contribution in [-0.2, 0) is 16.0 Å². The van der Waals surface area contributed by atoms with Crippen molar-refractivity contribution in [2.45, 2.75) is 25.3 Å². The van der Waals surface area contributed by atoms with Crippen molar-refractivity contribution in [2.75, 3.05) is 13.2 Å². The zero-order valence-electron chi connectivity index (χ0n) is 17.2. The third-order valence-electron chi connectivity index (χ3n) is 5.63. The fourth-order valence-electron chi connectivity index (χ4n) is 4.08. The lowest BCUT2D eigenvalue weighted by molar-refractivity contribution is -0.121. The lowest BCUT2D eigenvalue weighted by Gasteiger charge is -2.19. The van der Waals surface area contributed by atoms with Gasteiger partial charge in [0.2, 0.25) is 5.91 Å². The molecule has 0 saturated carbocycles. The topological polar surface area (TPSA) is 81.9 Å². The summed E-state index contributed by atoms with van der Waals surface area (Å²) in [5.74, 6) is 0.114. The lowest BCUT2D eigenvalue weighted by Crippen LogP contribution is -2.39. The number of hydrogen-bond acceptors (Lipinski definition) is 5. The third kappa shape index (κ3) is 4.04. The maximum absolute atomic E-state index is 12.7. The summed E-state index contributed by atoms with van der Waals surface area (Å²) in [4.78, 5) is 21.5. The molecule has 4 heterocycles. The van der Waals surface area contributed by atoms with E-state index in [9.17, 15) is 4.79 Å². The van der Waals surface area contributed by atoms with Crippen molar-refractivity contribution in [3.63, 3.8) is 0 Å². The van der Waals surface area contributed by atoms with Gasteiger partial charge in [-0.25, -0.2) is 4.68 Å². The number of nitrogens with zero attached hydrogens (tertiary/aromatic N) is 4. The highest BCUT2D eigenvalue weighted by molar-refractivity contribution is 5.83. The van der Waals surface area contributed by atoms with Crippen LogP contribution in [0.2, 0.25) is 0 Å². The maximum Gasteiger partial charge on any atom is 0.226 e. The Morgan fingerprint density at radius 3 is 2.84 bits per heavy atom. The molecule has 156 valence electrons. The molecule has 1 N–H and O–H groups in total. The molecule has 0 radical (unpaired) electrons. The standard InChI is InChI=1S/C24H23N5O2/c1-16-9-20(7-8-25-16)29-23-13-26-19(10-18(23)12-27-29)11-24(30)28-22-15-31-14-21(22)17-5-3-2-4-6-17/h2-10,12-13,21-22H,11,14-15H2,1H3,(H,28,30)/t21-,22+/m1/s1. The molecule has 0 unspecified atom stereocenters. The number of hydrogen-bond donors (Lipinski definition) is 1. The molecule has 1 aliphatic heterocycles. The molecule has 4 aromatic rings. The van der Waals surface area contributed by atoms with Gasteiger partial charge in [0.05, 0.1) is 55.0 Å². The van der Waals surface area contributed by atoms with Crippen LogP contribution >= 0.6 is 0 Å². The van der Waals surface area contributed by atoms with Crippen LogP contribution in [0.15, 0.2) is 67.1 Å². The highest BCUT2D eigenvalue weighted by Crippen LogP contribution is 2.25. The van der Waals surface area contributed by atoms with E-state index in [0.717, 1.165) is 22.3 Å². The van der Waals surface area contributed by atoms with Crippen molar-refractivity contribution >= 4 is 16.8 Å². The van der Waals surface area contributed by atoms with Gasteiger partial charge in [0, 0.05) is 23.2 Å². The van der Waals surface area contributed by atoms with Crippen LogP contribution < -0.4 is 5.32 Å². The average molecular weight is 413 g/mol. The molecule has 1 aliphatic rings. The number of nitrogens with one attached hydrogen (secondary N) is 1. The molecule has 0 aliphatic carbocycles. The summed E-state index contributed by atoms with van der Waals surface area (Å²) >= 11 is 0. The Kier molecular flexibility index (Phi) is 5.18. The molecule has 1 amide bonds. The van der Waals surface area contributed by atoms with Crippen LogP contribution in [-0.4, -0.2) is 44.9 Å². The molecule has 3 aromatic heterocycles. The first-order chi connectivity index (χ1) is 15.2. The van der Waals surface area contributed by atoms with E-state index in [1.807, 2.05) is 48.0 Å².